The van der Waals surface area contributed by atoms with E-state index in [1.165, 1.54) is 7.11 Å². The molecule has 1 amide bonds. The van der Waals surface area contributed by atoms with Crippen LogP contribution in [0.5, 0.6) is 0 Å². The van der Waals surface area contributed by atoms with Gasteiger partial charge in [0, 0.05) is 6.54 Å². The molecule has 3 nitrogen and oxygen atoms in total. The molecule has 2 aromatic carbocycles. The van der Waals surface area contributed by atoms with Crippen LogP contribution in [0.1, 0.15) is 11.1 Å². The number of nitrogens with one attached hydrogen (secondary N) is 1. The molecule has 0 heterocycles. The van der Waals surface area contributed by atoms with Gasteiger partial charge in [-0.05, 0) is 17.2 Å². The molecule has 0 unspecified atom stereocenters. The third kappa shape index (κ3) is 4.94. The van der Waals surface area contributed by atoms with Crippen molar-refractivity contribution < 1.29 is 9.53 Å². The number of hydrogen-bond acceptors (Lipinski definition) is 2. The maximum atomic E-state index is 12.1. The minimum absolute atomic E-state index is 0.232. The van der Waals surface area contributed by atoms with Crippen molar-refractivity contribution in [2.45, 2.75) is 6.54 Å². The molecule has 112 valence electrons. The van der Waals surface area contributed by atoms with Crippen LogP contribution in [0.15, 0.2) is 78.6 Å². The lowest BCUT2D eigenvalue weighted by molar-refractivity contribution is -0.120. The Morgan fingerprint density at radius 1 is 1.05 bits per heavy atom. The first-order chi connectivity index (χ1) is 10.8. The van der Waals surface area contributed by atoms with Crippen LogP contribution in [0.4, 0.5) is 0 Å². The van der Waals surface area contributed by atoms with E-state index in [-0.39, 0.29) is 11.7 Å². The molecule has 0 spiro atoms. The van der Waals surface area contributed by atoms with Gasteiger partial charge in [-0.25, -0.2) is 0 Å². The second kappa shape index (κ2) is 8.47. The van der Waals surface area contributed by atoms with Crippen LogP contribution in [-0.2, 0) is 16.1 Å². The smallest absolute Gasteiger partial charge is 0.286 e. The van der Waals surface area contributed by atoms with Crippen molar-refractivity contribution in [1.82, 2.24) is 5.32 Å². The number of ether oxygens (including phenoxy) is 1. The number of allylic oxidation sites excluding steroid dienone is 2. The number of benzene rings is 2. The van der Waals surface area contributed by atoms with Crippen LogP contribution in [-0.4, -0.2) is 13.0 Å². The zero-order valence-electron chi connectivity index (χ0n) is 12.5. The monoisotopic (exact) mass is 293 g/mol. The first-order valence-electron chi connectivity index (χ1n) is 7.09. The largest absolute Gasteiger partial charge is 0.491 e. The number of carbonyl (C=O) groups excluding carboxylic acids is 1. The molecule has 0 aliphatic carbocycles. The zero-order chi connectivity index (χ0) is 15.6. The topological polar surface area (TPSA) is 38.3 Å². The molecule has 2 rings (SSSR count). The lowest BCUT2D eigenvalue weighted by Crippen LogP contribution is -2.25. The van der Waals surface area contributed by atoms with E-state index >= 15 is 0 Å². The van der Waals surface area contributed by atoms with Crippen LogP contribution in [0.3, 0.4) is 0 Å². The fourth-order valence-electron chi connectivity index (χ4n) is 1.91. The molecular weight excluding hydrogens is 274 g/mol. The van der Waals surface area contributed by atoms with Crippen LogP contribution >= 0.6 is 0 Å². The van der Waals surface area contributed by atoms with Gasteiger partial charge >= 0.3 is 0 Å². The van der Waals surface area contributed by atoms with E-state index in [1.54, 1.807) is 12.2 Å². The summed E-state index contributed by atoms with van der Waals surface area (Å²) in [6.07, 6.45) is 5.38. The predicted octanol–water partition coefficient (Wildman–Crippen LogP) is 3.55. The van der Waals surface area contributed by atoms with E-state index in [4.69, 9.17) is 4.74 Å². The summed E-state index contributed by atoms with van der Waals surface area (Å²) in [5, 5.41) is 2.83. The van der Waals surface area contributed by atoms with Gasteiger partial charge in [0.25, 0.3) is 5.91 Å². The molecule has 0 fully saturated rings. The number of hydrogen-bond donors (Lipinski definition) is 1. The van der Waals surface area contributed by atoms with Gasteiger partial charge in [0.1, 0.15) is 0 Å². The van der Waals surface area contributed by atoms with Gasteiger partial charge in [-0.3, -0.25) is 4.79 Å². The van der Waals surface area contributed by atoms with Gasteiger partial charge in [0.2, 0.25) is 0 Å². The second-order valence-electron chi connectivity index (χ2n) is 4.67. The number of rotatable bonds is 6. The summed E-state index contributed by atoms with van der Waals surface area (Å²) in [5.74, 6) is 0.0483. The summed E-state index contributed by atoms with van der Waals surface area (Å²) in [6.45, 7) is 0.475. The Morgan fingerprint density at radius 3 is 2.32 bits per heavy atom. The van der Waals surface area contributed by atoms with Gasteiger partial charge < -0.3 is 10.1 Å². The Kier molecular flexibility index (Phi) is 6.00. The molecule has 0 saturated carbocycles. The summed E-state index contributed by atoms with van der Waals surface area (Å²) in [5.41, 5.74) is 2.12. The van der Waals surface area contributed by atoms with Crippen molar-refractivity contribution in [2.75, 3.05) is 7.11 Å². The van der Waals surface area contributed by atoms with Crippen molar-refractivity contribution in [3.8, 4) is 0 Å². The molecule has 0 radical (unpaired) electrons. The number of carbonyl (C=O) groups is 1. The van der Waals surface area contributed by atoms with Gasteiger partial charge in [0.05, 0.1) is 7.11 Å². The fraction of sp³-hybridized carbons (Fsp3) is 0.105. The first kappa shape index (κ1) is 15.6. The summed E-state index contributed by atoms with van der Waals surface area (Å²) in [4.78, 5) is 12.1. The normalized spacial score (nSPS) is 11.4. The Bertz CT molecular complexity index is 646. The van der Waals surface area contributed by atoms with Gasteiger partial charge in [-0.15, -0.1) is 0 Å². The quantitative estimate of drug-likeness (QED) is 0.502. The van der Waals surface area contributed by atoms with E-state index in [2.05, 4.69) is 5.32 Å². The van der Waals surface area contributed by atoms with Crippen LogP contribution in [0.2, 0.25) is 0 Å². The predicted molar refractivity (Wildman–Crippen MR) is 88.9 cm³/mol. The highest BCUT2D eigenvalue weighted by atomic mass is 16.5. The lowest BCUT2D eigenvalue weighted by Gasteiger charge is -2.07. The Morgan fingerprint density at radius 2 is 1.68 bits per heavy atom. The molecule has 2 aromatic rings. The van der Waals surface area contributed by atoms with Crippen LogP contribution < -0.4 is 5.32 Å². The Balaban J connectivity index is 1.93. The third-order valence-electron chi connectivity index (χ3n) is 3.08. The summed E-state index contributed by atoms with van der Waals surface area (Å²) >= 11 is 0. The molecule has 0 aromatic heterocycles. The molecule has 22 heavy (non-hydrogen) atoms. The SMILES string of the molecule is COC(=CC=Cc1ccccc1)C(=O)NCc1ccccc1. The zero-order valence-corrected chi connectivity index (χ0v) is 12.5. The standard InChI is InChI=1S/C19H19NO2/c1-22-18(14-8-13-16-9-4-2-5-10-16)19(21)20-15-17-11-6-3-7-12-17/h2-14H,15H2,1H3,(H,20,21). The molecule has 0 aliphatic heterocycles. The second-order valence-corrected chi connectivity index (χ2v) is 4.67. The van der Waals surface area contributed by atoms with Crippen molar-refractivity contribution in [3.05, 3.63) is 89.7 Å². The maximum Gasteiger partial charge on any atom is 0.286 e. The molecule has 1 N–H and O–H groups in total. The lowest BCUT2D eigenvalue weighted by atomic mass is 10.2. The summed E-state index contributed by atoms with van der Waals surface area (Å²) in [6, 6.07) is 19.6. The minimum atomic E-state index is -0.232. The van der Waals surface area contributed by atoms with Crippen molar-refractivity contribution in [1.29, 1.82) is 0 Å². The average molecular weight is 293 g/mol. The Labute approximate surface area is 130 Å². The van der Waals surface area contributed by atoms with E-state index in [1.807, 2.05) is 66.7 Å². The maximum absolute atomic E-state index is 12.1. The highest BCUT2D eigenvalue weighted by molar-refractivity contribution is 5.91. The van der Waals surface area contributed by atoms with Crippen molar-refractivity contribution >= 4 is 12.0 Å². The van der Waals surface area contributed by atoms with E-state index in [0.29, 0.717) is 6.54 Å². The summed E-state index contributed by atoms with van der Waals surface area (Å²) in [7, 11) is 1.49. The Hall–Kier alpha value is -2.81. The summed E-state index contributed by atoms with van der Waals surface area (Å²) < 4.78 is 5.14. The third-order valence-corrected chi connectivity index (χ3v) is 3.08. The number of methoxy groups -OCH3 is 1. The van der Waals surface area contributed by atoms with Gasteiger partial charge in [-0.1, -0.05) is 72.8 Å². The minimum Gasteiger partial charge on any atom is -0.491 e. The molecule has 0 saturated heterocycles. The fourth-order valence-corrected chi connectivity index (χ4v) is 1.91. The highest BCUT2D eigenvalue weighted by Crippen LogP contribution is 2.04. The van der Waals surface area contributed by atoms with Gasteiger partial charge in [0.15, 0.2) is 5.76 Å². The molecule has 0 bridgehead atoms. The van der Waals surface area contributed by atoms with E-state index in [9.17, 15) is 4.79 Å². The van der Waals surface area contributed by atoms with Crippen LogP contribution in [0.25, 0.3) is 6.08 Å². The van der Waals surface area contributed by atoms with Crippen molar-refractivity contribution in [3.63, 3.8) is 0 Å². The first-order valence-corrected chi connectivity index (χ1v) is 7.09. The molecular formula is C19H19NO2. The average Bonchev–Trinajstić information content (AvgIpc) is 2.58. The van der Waals surface area contributed by atoms with Gasteiger partial charge in [-0.2, -0.15) is 0 Å². The highest BCUT2D eigenvalue weighted by Gasteiger charge is 2.07. The molecule has 3 heteroatoms. The van der Waals surface area contributed by atoms with E-state index in [0.717, 1.165) is 11.1 Å². The van der Waals surface area contributed by atoms with Crippen molar-refractivity contribution in [2.24, 2.45) is 0 Å². The van der Waals surface area contributed by atoms with E-state index < -0.39 is 0 Å². The number of amides is 1. The molecule has 0 aliphatic rings. The molecule has 0 atom stereocenters. The van der Waals surface area contributed by atoms with Crippen LogP contribution in [0, 0.1) is 0 Å².